The van der Waals surface area contributed by atoms with Crippen molar-refractivity contribution in [2.75, 3.05) is 0 Å². The Balaban J connectivity index is 2.27. The molecule has 21 heavy (non-hydrogen) atoms. The Hall–Kier alpha value is -1.82. The number of alkyl halides is 3. The molecule has 0 fully saturated rings. The lowest BCUT2D eigenvalue weighted by Crippen LogP contribution is -2.37. The number of hydrogen-bond donors (Lipinski definition) is 0. The van der Waals surface area contributed by atoms with Gasteiger partial charge in [0, 0.05) is 5.39 Å². The minimum atomic E-state index is -4.57. The zero-order valence-electron chi connectivity index (χ0n) is 11.9. The molecule has 0 atom stereocenters. The molecular formula is C15H14F3NOSi. The molecule has 0 aliphatic carbocycles. The van der Waals surface area contributed by atoms with Gasteiger partial charge >= 0.3 is 12.1 Å². The van der Waals surface area contributed by atoms with Crippen LogP contribution in [0.4, 0.5) is 13.2 Å². The minimum Gasteiger partial charge on any atom is -0.433 e. The topological polar surface area (TPSA) is 26.0 Å². The van der Waals surface area contributed by atoms with Crippen molar-refractivity contribution in [3.63, 3.8) is 0 Å². The van der Waals surface area contributed by atoms with Gasteiger partial charge in [0.1, 0.15) is 5.52 Å². The second-order valence-electron chi connectivity index (χ2n) is 6.11. The van der Waals surface area contributed by atoms with Crippen LogP contribution in [0.2, 0.25) is 19.6 Å². The summed E-state index contributed by atoms with van der Waals surface area (Å²) in [4.78, 5) is 3.62. The molecule has 0 unspecified atom stereocenters. The molecule has 0 saturated carbocycles. The van der Waals surface area contributed by atoms with E-state index in [1.165, 1.54) is 5.19 Å². The molecule has 0 amide bonds. The number of benzene rings is 2. The van der Waals surface area contributed by atoms with E-state index in [0.717, 1.165) is 5.39 Å². The number of rotatable bonds is 1. The maximum absolute atomic E-state index is 12.7. The van der Waals surface area contributed by atoms with Gasteiger partial charge in [0.25, 0.3) is 0 Å². The predicted molar refractivity (Wildman–Crippen MR) is 79.5 cm³/mol. The summed E-state index contributed by atoms with van der Waals surface area (Å²) < 4.78 is 42.9. The maximum Gasteiger partial charge on any atom is 0.468 e. The minimum absolute atomic E-state index is 0.163. The zero-order chi connectivity index (χ0) is 15.4. The van der Waals surface area contributed by atoms with Crippen LogP contribution in [0.1, 0.15) is 5.89 Å². The van der Waals surface area contributed by atoms with Gasteiger partial charge in [-0.1, -0.05) is 49.1 Å². The highest BCUT2D eigenvalue weighted by atomic mass is 28.3. The summed E-state index contributed by atoms with van der Waals surface area (Å²) in [6, 6.07) is 9.20. The molecule has 0 bridgehead atoms. The van der Waals surface area contributed by atoms with Gasteiger partial charge < -0.3 is 4.42 Å². The van der Waals surface area contributed by atoms with E-state index in [1.54, 1.807) is 12.1 Å². The van der Waals surface area contributed by atoms with Crippen LogP contribution in [0.25, 0.3) is 21.9 Å². The Kier molecular flexibility index (Phi) is 2.92. The first kappa shape index (κ1) is 14.1. The van der Waals surface area contributed by atoms with E-state index in [4.69, 9.17) is 4.42 Å². The highest BCUT2D eigenvalue weighted by Crippen LogP contribution is 2.33. The fraction of sp³-hybridized carbons (Fsp3) is 0.267. The molecule has 0 radical (unpaired) electrons. The van der Waals surface area contributed by atoms with Crippen LogP contribution in [0, 0.1) is 0 Å². The van der Waals surface area contributed by atoms with Gasteiger partial charge in [-0.05, 0) is 11.5 Å². The molecule has 2 nitrogen and oxygen atoms in total. The third-order valence-corrected chi connectivity index (χ3v) is 5.53. The molecule has 1 heterocycles. The quantitative estimate of drug-likeness (QED) is 0.617. The molecule has 0 saturated heterocycles. The summed E-state index contributed by atoms with van der Waals surface area (Å²) in [5, 5.41) is 2.84. The number of halogens is 3. The van der Waals surface area contributed by atoms with Crippen LogP contribution in [0.15, 0.2) is 34.7 Å². The lowest BCUT2D eigenvalue weighted by Gasteiger charge is -2.17. The first-order valence-electron chi connectivity index (χ1n) is 6.57. The monoisotopic (exact) mass is 309 g/mol. The molecule has 0 aliphatic heterocycles. The Morgan fingerprint density at radius 1 is 1.05 bits per heavy atom. The van der Waals surface area contributed by atoms with Gasteiger partial charge in [0.05, 0.1) is 8.07 Å². The van der Waals surface area contributed by atoms with Crippen LogP contribution in [0.3, 0.4) is 0 Å². The first-order valence-corrected chi connectivity index (χ1v) is 10.1. The Morgan fingerprint density at radius 3 is 2.38 bits per heavy atom. The van der Waals surface area contributed by atoms with Crippen LogP contribution in [-0.4, -0.2) is 13.1 Å². The predicted octanol–water partition coefficient (Wildman–Crippen LogP) is 4.55. The largest absolute Gasteiger partial charge is 0.468 e. The van der Waals surface area contributed by atoms with E-state index >= 15 is 0 Å². The van der Waals surface area contributed by atoms with Crippen LogP contribution in [0.5, 0.6) is 0 Å². The molecule has 6 heteroatoms. The van der Waals surface area contributed by atoms with Crippen LogP contribution < -0.4 is 5.19 Å². The van der Waals surface area contributed by atoms with E-state index in [0.29, 0.717) is 5.39 Å². The van der Waals surface area contributed by atoms with Crippen molar-refractivity contribution in [3.8, 4) is 0 Å². The summed E-state index contributed by atoms with van der Waals surface area (Å²) in [6.07, 6.45) is -4.57. The smallest absolute Gasteiger partial charge is 0.433 e. The SMILES string of the molecule is C[Si](C)(C)c1ccc2c(ccc3oc(C(F)(F)F)nc32)c1. The van der Waals surface area contributed by atoms with Crippen LogP contribution >= 0.6 is 0 Å². The standard InChI is InChI=1S/C15H14F3NOSi/c1-21(2,3)10-5-6-11-9(8-10)4-7-12-13(11)19-14(20-12)15(16,17)18/h4-8H,1-3H3. The van der Waals surface area contributed by atoms with Gasteiger partial charge in [-0.25, -0.2) is 4.98 Å². The average molecular weight is 309 g/mol. The van der Waals surface area contributed by atoms with Crippen molar-refractivity contribution >= 4 is 35.1 Å². The van der Waals surface area contributed by atoms with E-state index < -0.39 is 20.1 Å². The molecular weight excluding hydrogens is 295 g/mol. The third-order valence-electron chi connectivity index (χ3n) is 3.48. The first-order chi connectivity index (χ1) is 9.66. The number of oxazole rings is 1. The number of nitrogens with zero attached hydrogens (tertiary/aromatic N) is 1. The lowest BCUT2D eigenvalue weighted by atomic mass is 10.1. The summed E-state index contributed by atoms with van der Waals surface area (Å²) in [5.74, 6) is -1.20. The van der Waals surface area contributed by atoms with Gasteiger partial charge in [-0.15, -0.1) is 0 Å². The Bertz CT molecular complexity index is 830. The highest BCUT2D eigenvalue weighted by Gasteiger charge is 2.37. The molecule has 3 rings (SSSR count). The van der Waals surface area contributed by atoms with Crippen molar-refractivity contribution in [1.29, 1.82) is 0 Å². The third kappa shape index (κ3) is 2.44. The van der Waals surface area contributed by atoms with E-state index in [-0.39, 0.29) is 11.1 Å². The second kappa shape index (κ2) is 4.33. The molecule has 1 aromatic heterocycles. The van der Waals surface area contributed by atoms with Gasteiger partial charge in [-0.3, -0.25) is 0 Å². The number of aromatic nitrogens is 1. The van der Waals surface area contributed by atoms with E-state index in [9.17, 15) is 13.2 Å². The fourth-order valence-electron chi connectivity index (χ4n) is 2.31. The molecule has 0 spiro atoms. The average Bonchev–Trinajstić information content (AvgIpc) is 2.81. The molecule has 110 valence electrons. The number of fused-ring (bicyclic) bond motifs is 3. The highest BCUT2D eigenvalue weighted by molar-refractivity contribution is 6.88. The van der Waals surface area contributed by atoms with Gasteiger partial charge in [0.15, 0.2) is 5.58 Å². The lowest BCUT2D eigenvalue weighted by molar-refractivity contribution is -0.156. The maximum atomic E-state index is 12.7. The van der Waals surface area contributed by atoms with Crippen molar-refractivity contribution in [2.24, 2.45) is 0 Å². The van der Waals surface area contributed by atoms with E-state index in [1.807, 2.05) is 18.2 Å². The van der Waals surface area contributed by atoms with Crippen molar-refractivity contribution in [3.05, 3.63) is 36.2 Å². The van der Waals surface area contributed by atoms with E-state index in [2.05, 4.69) is 24.6 Å². The summed E-state index contributed by atoms with van der Waals surface area (Å²) in [7, 11) is -1.47. The molecule has 0 N–H and O–H groups in total. The Morgan fingerprint density at radius 2 is 1.76 bits per heavy atom. The van der Waals surface area contributed by atoms with Gasteiger partial charge in [0.2, 0.25) is 0 Å². The molecule has 3 aromatic rings. The van der Waals surface area contributed by atoms with Crippen LogP contribution in [-0.2, 0) is 6.18 Å². The summed E-state index contributed by atoms with van der Waals surface area (Å²) in [6.45, 7) is 6.68. The molecule has 2 aromatic carbocycles. The Labute approximate surface area is 120 Å². The second-order valence-corrected chi connectivity index (χ2v) is 11.2. The summed E-state index contributed by atoms with van der Waals surface area (Å²) >= 11 is 0. The van der Waals surface area contributed by atoms with Crippen molar-refractivity contribution in [1.82, 2.24) is 4.98 Å². The zero-order valence-corrected chi connectivity index (χ0v) is 12.9. The normalized spacial score (nSPS) is 13.2. The van der Waals surface area contributed by atoms with Crippen molar-refractivity contribution in [2.45, 2.75) is 25.8 Å². The summed E-state index contributed by atoms with van der Waals surface area (Å²) in [5.41, 5.74) is 0.428. The van der Waals surface area contributed by atoms with Gasteiger partial charge in [-0.2, -0.15) is 13.2 Å². The fourth-order valence-corrected chi connectivity index (χ4v) is 3.48. The number of hydrogen-bond acceptors (Lipinski definition) is 2. The molecule has 0 aliphatic rings. The van der Waals surface area contributed by atoms with Crippen molar-refractivity contribution < 1.29 is 17.6 Å².